The molecule has 2 aliphatic rings. The molecule has 2 aliphatic heterocycles. The monoisotopic (exact) mass is 697 g/mol. The molecular weight excluding hydrogens is 635 g/mol. The Balaban J connectivity index is 2.63. The molecule has 260 valence electrons. The molecule has 14 heteroatoms. The topological polar surface area (TPSA) is 119 Å². The van der Waals surface area contributed by atoms with Crippen molar-refractivity contribution in [3.05, 3.63) is 0 Å². The average molecular weight is 698 g/mol. The Labute approximate surface area is 271 Å². The number of carbonyl (C=O) groups is 1. The number of hydrogen-bond donors (Lipinski definition) is 1. The van der Waals surface area contributed by atoms with Crippen LogP contribution >= 0.6 is 0 Å². The Morgan fingerprint density at radius 1 is 0.818 bits per heavy atom. The van der Waals surface area contributed by atoms with Crippen LogP contribution in [0.2, 0.25) is 54.4 Å². The van der Waals surface area contributed by atoms with E-state index in [1.165, 1.54) is 0 Å². The lowest BCUT2D eigenvalue weighted by Crippen LogP contribution is -2.58. The van der Waals surface area contributed by atoms with Gasteiger partial charge in [0.2, 0.25) is 0 Å². The maximum absolute atomic E-state index is 13.8. The highest BCUT2D eigenvalue weighted by Crippen LogP contribution is 2.44. The molecule has 2 heterocycles. The average Bonchev–Trinajstić information content (AvgIpc) is 3.23. The highest BCUT2D eigenvalue weighted by Gasteiger charge is 2.60. The lowest BCUT2D eigenvalue weighted by atomic mass is 9.97. The second kappa shape index (κ2) is 12.7. The Morgan fingerprint density at radius 3 is 1.70 bits per heavy atom. The molecule has 10 nitrogen and oxygen atoms in total. The lowest BCUT2D eigenvalue weighted by molar-refractivity contribution is -0.157. The van der Waals surface area contributed by atoms with E-state index in [2.05, 4.69) is 107 Å². The van der Waals surface area contributed by atoms with Crippen LogP contribution in [0, 0.1) is 0 Å². The minimum atomic E-state index is -3.90. The van der Waals surface area contributed by atoms with E-state index < -0.39 is 77.4 Å². The fraction of sp³-hybridized carbons (Fsp3) is 0.967. The molecule has 0 saturated carbocycles. The van der Waals surface area contributed by atoms with Gasteiger partial charge in [-0.1, -0.05) is 62.3 Å². The number of ether oxygens (including phenoxy) is 2. The number of rotatable bonds is 11. The molecule has 2 saturated heterocycles. The summed E-state index contributed by atoms with van der Waals surface area (Å²) in [6, 6.07) is -0.684. The van der Waals surface area contributed by atoms with Gasteiger partial charge in [0.05, 0.1) is 18.9 Å². The third kappa shape index (κ3) is 9.47. The van der Waals surface area contributed by atoms with E-state index in [0.717, 1.165) is 6.26 Å². The Morgan fingerprint density at radius 2 is 1.27 bits per heavy atom. The van der Waals surface area contributed by atoms with Crippen LogP contribution in [0.15, 0.2) is 0 Å². The van der Waals surface area contributed by atoms with E-state index in [4.69, 9.17) is 26.9 Å². The molecule has 6 atom stereocenters. The number of amides is 1. The Kier molecular flexibility index (Phi) is 11.5. The molecule has 1 amide bonds. The summed E-state index contributed by atoms with van der Waals surface area (Å²) >= 11 is 0. The third-order valence-corrected chi connectivity index (χ3v) is 24.3. The first-order chi connectivity index (χ1) is 19.2. The van der Waals surface area contributed by atoms with Crippen LogP contribution in [-0.4, -0.2) is 94.5 Å². The zero-order valence-electron chi connectivity index (χ0n) is 30.8. The van der Waals surface area contributed by atoms with Gasteiger partial charge in [-0.25, -0.2) is 0 Å². The van der Waals surface area contributed by atoms with Crippen molar-refractivity contribution in [2.45, 2.75) is 173 Å². The maximum Gasteiger partial charge on any atom is 0.264 e. The van der Waals surface area contributed by atoms with Gasteiger partial charge < -0.3 is 28.1 Å². The maximum atomic E-state index is 13.8. The first kappa shape index (κ1) is 40.0. The van der Waals surface area contributed by atoms with E-state index in [1.54, 1.807) is 13.8 Å². The van der Waals surface area contributed by atoms with Crippen LogP contribution in [0.3, 0.4) is 0 Å². The van der Waals surface area contributed by atoms with Gasteiger partial charge in [-0.05, 0) is 68.2 Å². The van der Waals surface area contributed by atoms with Gasteiger partial charge in [-0.3, -0.25) is 8.98 Å². The van der Waals surface area contributed by atoms with Crippen molar-refractivity contribution in [2.75, 3.05) is 12.9 Å². The standard InChI is InChI=1S/C30H63NO9SSi3/c1-27(2,3)42(13,14)35-19-20(38-41(12,33)34)22-23(37-30(10,11)36-22)21-24(39-43(15,16)28(4,5)6)25(26(32)31-21)40-44(17,18)29(7,8)9/h20-25H,19H2,1-18H3,(H,31,32)/t20-,21-,22+,23+,24-,25+/m0/s1. The molecule has 2 fully saturated rings. The molecular formula is C30H63NO9SSi3. The van der Waals surface area contributed by atoms with Gasteiger partial charge in [-0.2, -0.15) is 8.42 Å². The third-order valence-electron chi connectivity index (χ3n) is 10.3. The van der Waals surface area contributed by atoms with Crippen LogP contribution < -0.4 is 5.32 Å². The van der Waals surface area contributed by atoms with Gasteiger partial charge in [-0.15, -0.1) is 0 Å². The van der Waals surface area contributed by atoms with Crippen LogP contribution in [0.5, 0.6) is 0 Å². The van der Waals surface area contributed by atoms with E-state index in [1.807, 2.05) is 0 Å². The second-order valence-electron chi connectivity index (χ2n) is 17.7. The molecule has 1 N–H and O–H groups in total. The molecule has 44 heavy (non-hydrogen) atoms. The molecule has 0 aliphatic carbocycles. The van der Waals surface area contributed by atoms with Crippen LogP contribution in [0.25, 0.3) is 0 Å². The van der Waals surface area contributed by atoms with Gasteiger partial charge in [0.25, 0.3) is 16.0 Å². The van der Waals surface area contributed by atoms with Gasteiger partial charge in [0, 0.05) is 0 Å². The molecule has 2 rings (SSSR count). The molecule has 0 aromatic heterocycles. The van der Waals surface area contributed by atoms with E-state index in [0.29, 0.717) is 0 Å². The summed E-state index contributed by atoms with van der Waals surface area (Å²) in [4.78, 5) is 13.8. The molecule has 0 unspecified atom stereocenters. The lowest BCUT2D eigenvalue weighted by Gasteiger charge is -2.44. The predicted molar refractivity (Wildman–Crippen MR) is 183 cm³/mol. The Bertz CT molecular complexity index is 1140. The van der Waals surface area contributed by atoms with Gasteiger partial charge >= 0.3 is 0 Å². The molecule has 0 aromatic rings. The van der Waals surface area contributed by atoms with Crippen molar-refractivity contribution in [3.8, 4) is 0 Å². The number of carbonyl (C=O) groups excluding carboxylic acids is 1. The molecule has 0 bridgehead atoms. The first-order valence-corrected chi connectivity index (χ1v) is 26.3. The highest BCUT2D eigenvalue weighted by molar-refractivity contribution is 7.86. The largest absolute Gasteiger partial charge is 0.414 e. The van der Waals surface area contributed by atoms with Gasteiger partial charge in [0.15, 0.2) is 36.8 Å². The summed E-state index contributed by atoms with van der Waals surface area (Å²) in [6.45, 7) is 35.5. The van der Waals surface area contributed by atoms with E-state index >= 15 is 0 Å². The van der Waals surface area contributed by atoms with Crippen molar-refractivity contribution in [3.63, 3.8) is 0 Å². The summed E-state index contributed by atoms with van der Waals surface area (Å²) in [6.07, 6.45) is -3.23. The summed E-state index contributed by atoms with van der Waals surface area (Å²) in [7, 11) is -11.0. The summed E-state index contributed by atoms with van der Waals surface area (Å²) in [5.41, 5.74) is 0. The number of nitrogens with one attached hydrogen (secondary N) is 1. The SMILES string of the molecule is CC1(C)O[C@H]([C@@H]2NC(=O)[C@H](O[Si](C)(C)C(C)(C)C)[C@H]2O[Si](C)(C)C(C)(C)C)[C@@H]([C@H](CO[Si](C)(C)C(C)(C)C)OS(C)(=O)=O)O1. The molecule has 0 spiro atoms. The van der Waals surface area contributed by atoms with Crippen LogP contribution in [0.4, 0.5) is 0 Å². The molecule has 0 aromatic carbocycles. The number of hydrogen-bond acceptors (Lipinski definition) is 9. The van der Waals surface area contributed by atoms with Crippen LogP contribution in [-0.2, 0) is 41.8 Å². The van der Waals surface area contributed by atoms with Gasteiger partial charge in [0.1, 0.15) is 24.4 Å². The van der Waals surface area contributed by atoms with E-state index in [-0.39, 0.29) is 27.6 Å². The smallest absolute Gasteiger partial charge is 0.264 e. The normalized spacial score (nSPS) is 28.3. The van der Waals surface area contributed by atoms with Crippen molar-refractivity contribution in [1.82, 2.24) is 5.32 Å². The fourth-order valence-electron chi connectivity index (χ4n) is 4.49. The zero-order chi connectivity index (χ0) is 34.7. The van der Waals surface area contributed by atoms with E-state index in [9.17, 15) is 13.2 Å². The minimum Gasteiger partial charge on any atom is -0.414 e. The molecule has 0 radical (unpaired) electrons. The van der Waals surface area contributed by atoms with Crippen molar-refractivity contribution in [2.24, 2.45) is 0 Å². The Hall–Kier alpha value is -0.169. The fourth-order valence-corrected chi connectivity index (χ4v) is 8.66. The minimum absolute atomic E-state index is 0.0114. The van der Waals surface area contributed by atoms with Crippen molar-refractivity contribution >= 4 is 41.0 Å². The predicted octanol–water partition coefficient (Wildman–Crippen LogP) is 6.15. The summed E-state index contributed by atoms with van der Waals surface area (Å²) in [5, 5.41) is 2.75. The zero-order valence-corrected chi connectivity index (χ0v) is 34.6. The second-order valence-corrected chi connectivity index (χ2v) is 33.6. The quantitative estimate of drug-likeness (QED) is 0.200. The van der Waals surface area contributed by atoms with Crippen molar-refractivity contribution in [1.29, 1.82) is 0 Å². The van der Waals surface area contributed by atoms with Crippen LogP contribution in [0.1, 0.15) is 76.2 Å². The first-order valence-electron chi connectivity index (χ1n) is 15.8. The highest BCUT2D eigenvalue weighted by atomic mass is 32.2. The summed E-state index contributed by atoms with van der Waals surface area (Å²) in [5.74, 6) is -1.36. The summed E-state index contributed by atoms with van der Waals surface area (Å²) < 4.78 is 64.0. The van der Waals surface area contributed by atoms with Crippen molar-refractivity contribution < 1.29 is 40.1 Å².